The van der Waals surface area contributed by atoms with Gasteiger partial charge in [0.1, 0.15) is 6.61 Å². The lowest BCUT2D eigenvalue weighted by Crippen LogP contribution is -2.22. The van der Waals surface area contributed by atoms with Crippen LogP contribution in [0.15, 0.2) is 60.0 Å². The number of nitrogens with one attached hydrogen (secondary N) is 2. The fourth-order valence-corrected chi connectivity index (χ4v) is 3.36. The lowest BCUT2D eigenvalue weighted by atomic mass is 10.1. The molecule has 1 heterocycles. The number of nitrogen functional groups attached to an aromatic ring is 1. The van der Waals surface area contributed by atoms with Gasteiger partial charge in [-0.3, -0.25) is 10.1 Å². The van der Waals surface area contributed by atoms with Gasteiger partial charge in [0, 0.05) is 22.7 Å². The van der Waals surface area contributed by atoms with Crippen LogP contribution in [-0.2, 0) is 4.74 Å². The van der Waals surface area contributed by atoms with Gasteiger partial charge in [0.25, 0.3) is 5.91 Å². The van der Waals surface area contributed by atoms with Gasteiger partial charge in [-0.25, -0.2) is 4.79 Å². The van der Waals surface area contributed by atoms with Gasteiger partial charge in [-0.05, 0) is 67.5 Å². The molecule has 30 heavy (non-hydrogen) atoms. The maximum absolute atomic E-state index is 12.6. The smallest absolute Gasteiger partial charge is 0.411 e. The van der Waals surface area contributed by atoms with Gasteiger partial charge in [0.2, 0.25) is 0 Å². The highest BCUT2D eigenvalue weighted by Crippen LogP contribution is 2.30. The third kappa shape index (κ3) is 5.82. The van der Waals surface area contributed by atoms with Gasteiger partial charge >= 0.3 is 6.09 Å². The van der Waals surface area contributed by atoms with Crippen LogP contribution in [0.4, 0.5) is 21.9 Å². The van der Waals surface area contributed by atoms with E-state index in [0.29, 0.717) is 35.8 Å². The highest BCUT2D eigenvalue weighted by Gasteiger charge is 2.11. The fraction of sp³-hybridized carbons (Fsp3) is 0.182. The van der Waals surface area contributed by atoms with Crippen LogP contribution in [-0.4, -0.2) is 44.1 Å². The summed E-state index contributed by atoms with van der Waals surface area (Å²) in [5, 5.41) is 7.48. The molecule has 156 valence electrons. The lowest BCUT2D eigenvalue weighted by molar-refractivity contribution is 0.102. The second-order valence-electron chi connectivity index (χ2n) is 6.88. The number of amides is 2. The van der Waals surface area contributed by atoms with Gasteiger partial charge in [0.05, 0.1) is 11.4 Å². The molecule has 0 aliphatic carbocycles. The summed E-state index contributed by atoms with van der Waals surface area (Å²) in [7, 11) is 3.80. The predicted octanol–water partition coefficient (Wildman–Crippen LogP) is 4.36. The molecule has 2 amide bonds. The number of rotatable bonds is 7. The monoisotopic (exact) mass is 424 g/mol. The van der Waals surface area contributed by atoms with Crippen LogP contribution in [0.25, 0.3) is 10.4 Å². The van der Waals surface area contributed by atoms with Crippen LogP contribution in [0.3, 0.4) is 0 Å². The number of hydrogen-bond acceptors (Lipinski definition) is 6. The Morgan fingerprint density at radius 1 is 1.07 bits per heavy atom. The summed E-state index contributed by atoms with van der Waals surface area (Å²) in [6, 6.07) is 16.1. The molecular formula is C22H24N4O3S. The van der Waals surface area contributed by atoms with Crippen LogP contribution in [0, 0.1) is 0 Å². The first-order valence-electron chi connectivity index (χ1n) is 9.35. The molecule has 0 aliphatic heterocycles. The summed E-state index contributed by atoms with van der Waals surface area (Å²) in [6.45, 7) is 0.939. The van der Waals surface area contributed by atoms with Crippen LogP contribution in [0.1, 0.15) is 10.4 Å². The van der Waals surface area contributed by atoms with Crippen LogP contribution in [0.5, 0.6) is 0 Å². The maximum atomic E-state index is 12.6. The molecule has 0 saturated heterocycles. The van der Waals surface area contributed by atoms with E-state index >= 15 is 0 Å². The van der Waals surface area contributed by atoms with Crippen LogP contribution < -0.4 is 16.4 Å². The van der Waals surface area contributed by atoms with Gasteiger partial charge in [-0.15, -0.1) is 11.3 Å². The first-order valence-corrected chi connectivity index (χ1v) is 10.2. The normalized spacial score (nSPS) is 10.6. The minimum atomic E-state index is -0.535. The van der Waals surface area contributed by atoms with Crippen molar-refractivity contribution in [1.29, 1.82) is 0 Å². The van der Waals surface area contributed by atoms with E-state index in [-0.39, 0.29) is 5.91 Å². The number of anilines is 3. The van der Waals surface area contributed by atoms with Gasteiger partial charge in [0.15, 0.2) is 0 Å². The summed E-state index contributed by atoms with van der Waals surface area (Å²) in [6.07, 6.45) is -0.535. The topological polar surface area (TPSA) is 96.7 Å². The summed E-state index contributed by atoms with van der Waals surface area (Å²) >= 11 is 1.62. The highest BCUT2D eigenvalue weighted by atomic mass is 32.1. The van der Waals surface area contributed by atoms with Crippen LogP contribution in [0.2, 0.25) is 0 Å². The van der Waals surface area contributed by atoms with E-state index in [2.05, 4.69) is 10.6 Å². The standard InChI is InChI=1S/C22H24N4O3S/c1-26(2)11-12-29-22(28)24-17-8-5-15(6-9-17)21(27)25-19-14-16(7-10-18(19)23)20-4-3-13-30-20/h3-10,13-14H,11-12,23H2,1-2H3,(H,24,28)(H,25,27). The Kier molecular flexibility index (Phi) is 7.05. The number of thiophene rings is 1. The molecule has 3 aromatic rings. The first kappa shape index (κ1) is 21.4. The maximum Gasteiger partial charge on any atom is 0.411 e. The minimum Gasteiger partial charge on any atom is -0.448 e. The number of ether oxygens (including phenoxy) is 1. The molecule has 0 aliphatic rings. The molecule has 7 nitrogen and oxygen atoms in total. The van der Waals surface area contributed by atoms with E-state index in [0.717, 1.165) is 10.4 Å². The van der Waals surface area contributed by atoms with Crippen molar-refractivity contribution in [2.75, 3.05) is 43.6 Å². The zero-order chi connectivity index (χ0) is 21.5. The summed E-state index contributed by atoms with van der Waals surface area (Å²) in [5.74, 6) is -0.287. The minimum absolute atomic E-state index is 0.287. The van der Waals surface area contributed by atoms with Gasteiger partial charge < -0.3 is 20.7 Å². The number of nitrogens with zero attached hydrogens (tertiary/aromatic N) is 1. The number of nitrogens with two attached hydrogens (primary N) is 1. The molecule has 8 heteroatoms. The van der Waals surface area contributed by atoms with Gasteiger partial charge in [-0.2, -0.15) is 0 Å². The van der Waals surface area contributed by atoms with E-state index in [1.54, 1.807) is 41.7 Å². The Bertz CT molecular complexity index is 1000. The molecule has 0 bridgehead atoms. The van der Waals surface area contributed by atoms with Crippen LogP contribution >= 0.6 is 11.3 Å². The Hall–Kier alpha value is -3.36. The third-order valence-electron chi connectivity index (χ3n) is 4.27. The summed E-state index contributed by atoms with van der Waals surface area (Å²) < 4.78 is 5.08. The molecule has 0 radical (unpaired) electrons. The van der Waals surface area contributed by atoms with E-state index in [9.17, 15) is 9.59 Å². The fourth-order valence-electron chi connectivity index (χ4n) is 2.63. The third-order valence-corrected chi connectivity index (χ3v) is 5.19. The van der Waals surface area contributed by atoms with E-state index in [4.69, 9.17) is 10.5 Å². The Balaban J connectivity index is 1.61. The van der Waals surface area contributed by atoms with Crippen molar-refractivity contribution in [2.24, 2.45) is 0 Å². The summed E-state index contributed by atoms with van der Waals surface area (Å²) in [4.78, 5) is 27.4. The van der Waals surface area contributed by atoms with E-state index in [1.165, 1.54) is 0 Å². The summed E-state index contributed by atoms with van der Waals surface area (Å²) in [5.41, 5.74) is 9.05. The number of likely N-dealkylation sites (N-methyl/N-ethyl adjacent to an activating group) is 1. The zero-order valence-electron chi connectivity index (χ0n) is 16.8. The van der Waals surface area contributed by atoms with Crippen molar-refractivity contribution in [3.05, 3.63) is 65.5 Å². The predicted molar refractivity (Wildman–Crippen MR) is 122 cm³/mol. The zero-order valence-corrected chi connectivity index (χ0v) is 17.7. The largest absolute Gasteiger partial charge is 0.448 e. The number of hydrogen-bond donors (Lipinski definition) is 3. The van der Waals surface area contributed by atoms with E-state index in [1.807, 2.05) is 48.6 Å². The average Bonchev–Trinajstić information content (AvgIpc) is 3.24. The number of carbonyl (C=O) groups is 2. The number of benzene rings is 2. The Morgan fingerprint density at radius 2 is 1.83 bits per heavy atom. The molecule has 3 rings (SSSR count). The van der Waals surface area contributed by atoms with Crippen molar-refractivity contribution in [3.8, 4) is 10.4 Å². The molecule has 2 aromatic carbocycles. The Morgan fingerprint density at radius 3 is 2.50 bits per heavy atom. The lowest BCUT2D eigenvalue weighted by Gasteiger charge is -2.12. The molecule has 0 unspecified atom stereocenters. The molecule has 1 aromatic heterocycles. The second kappa shape index (κ2) is 9.91. The SMILES string of the molecule is CN(C)CCOC(=O)Nc1ccc(C(=O)Nc2cc(-c3cccs3)ccc2N)cc1. The molecule has 0 atom stereocenters. The second-order valence-corrected chi connectivity index (χ2v) is 7.82. The molecular weight excluding hydrogens is 400 g/mol. The Labute approximate surface area is 179 Å². The molecule has 0 saturated carbocycles. The first-order chi connectivity index (χ1) is 14.4. The highest BCUT2D eigenvalue weighted by molar-refractivity contribution is 7.13. The van der Waals surface area contributed by atoms with Crippen molar-refractivity contribution >= 4 is 40.4 Å². The van der Waals surface area contributed by atoms with Crippen molar-refractivity contribution < 1.29 is 14.3 Å². The molecule has 4 N–H and O–H groups in total. The van der Waals surface area contributed by atoms with Crippen molar-refractivity contribution in [3.63, 3.8) is 0 Å². The molecule has 0 spiro atoms. The average molecular weight is 425 g/mol. The van der Waals surface area contributed by atoms with Crippen molar-refractivity contribution in [1.82, 2.24) is 4.90 Å². The number of carbonyl (C=O) groups excluding carboxylic acids is 2. The van der Waals surface area contributed by atoms with E-state index < -0.39 is 6.09 Å². The quantitative estimate of drug-likeness (QED) is 0.490. The van der Waals surface area contributed by atoms with Crippen molar-refractivity contribution in [2.45, 2.75) is 0 Å². The molecule has 0 fully saturated rings. The van der Waals surface area contributed by atoms with Gasteiger partial charge in [-0.1, -0.05) is 12.1 Å².